The zero-order valence-electron chi connectivity index (χ0n) is 16.0. The van der Waals surface area contributed by atoms with Gasteiger partial charge < -0.3 is 10.2 Å². The molecule has 1 N–H and O–H groups in total. The van der Waals surface area contributed by atoms with Crippen molar-refractivity contribution >= 4 is 17.4 Å². The molecule has 0 aliphatic carbocycles. The Hall–Kier alpha value is -1.45. The second kappa shape index (κ2) is 7.43. The molecule has 0 bridgehead atoms. The molecule has 2 aromatic rings. The maximum atomic E-state index is 3.57. The smallest absolute Gasteiger partial charge is 0.0511 e. The molecule has 0 amide bonds. The number of piperazine rings is 1. The highest BCUT2D eigenvalue weighted by Gasteiger charge is 2.24. The molecule has 2 aromatic carbocycles. The number of nitrogens with one attached hydrogen (secondary N) is 1. The summed E-state index contributed by atoms with van der Waals surface area (Å²) in [6.07, 6.45) is 0. The average Bonchev–Trinajstić information content (AvgIpc) is 2.57. The molecule has 25 heavy (non-hydrogen) atoms. The van der Waals surface area contributed by atoms with Crippen molar-refractivity contribution in [1.82, 2.24) is 5.32 Å². The molecule has 3 heteroatoms. The van der Waals surface area contributed by atoms with Crippen LogP contribution in [0.5, 0.6) is 0 Å². The van der Waals surface area contributed by atoms with Gasteiger partial charge in [-0.05, 0) is 49.1 Å². The first-order chi connectivity index (χ1) is 11.8. The first kappa shape index (κ1) is 18.3. The molecule has 1 aliphatic heterocycles. The summed E-state index contributed by atoms with van der Waals surface area (Å²) < 4.78 is 0. The maximum Gasteiger partial charge on any atom is 0.0511 e. The van der Waals surface area contributed by atoms with Crippen LogP contribution in [0.15, 0.2) is 58.3 Å². The van der Waals surface area contributed by atoms with Crippen LogP contribution in [0.1, 0.15) is 40.2 Å². The number of hydrogen-bond donors (Lipinski definition) is 1. The SMILES string of the molecule is C[C@@H]1CN(c2ccccc2Sc2ccc(C(C)(C)C)cc2)[C@@H](C)CN1. The van der Waals surface area contributed by atoms with Crippen molar-refractivity contribution in [1.29, 1.82) is 0 Å². The number of rotatable bonds is 3. The molecule has 1 aliphatic rings. The van der Waals surface area contributed by atoms with Crippen molar-refractivity contribution in [2.75, 3.05) is 18.0 Å². The summed E-state index contributed by atoms with van der Waals surface area (Å²) in [5.74, 6) is 0. The Balaban J connectivity index is 1.84. The topological polar surface area (TPSA) is 15.3 Å². The predicted molar refractivity (Wildman–Crippen MR) is 110 cm³/mol. The summed E-state index contributed by atoms with van der Waals surface area (Å²) in [6, 6.07) is 18.9. The van der Waals surface area contributed by atoms with Crippen LogP contribution in [0.25, 0.3) is 0 Å². The van der Waals surface area contributed by atoms with E-state index in [1.165, 1.54) is 21.0 Å². The molecule has 0 unspecified atom stereocenters. The van der Waals surface area contributed by atoms with E-state index in [0.29, 0.717) is 12.1 Å². The molecule has 0 saturated carbocycles. The summed E-state index contributed by atoms with van der Waals surface area (Å²) in [4.78, 5) is 5.19. The van der Waals surface area contributed by atoms with Gasteiger partial charge in [-0.15, -0.1) is 0 Å². The van der Waals surface area contributed by atoms with Gasteiger partial charge in [0.1, 0.15) is 0 Å². The number of para-hydroxylation sites is 1. The maximum absolute atomic E-state index is 3.57. The molecule has 0 radical (unpaired) electrons. The minimum Gasteiger partial charge on any atom is -0.365 e. The van der Waals surface area contributed by atoms with E-state index in [1.54, 1.807) is 0 Å². The molecule has 0 aromatic heterocycles. The van der Waals surface area contributed by atoms with Crippen LogP contribution in [0.3, 0.4) is 0 Å². The lowest BCUT2D eigenvalue weighted by molar-refractivity contribution is 0.423. The van der Waals surface area contributed by atoms with Gasteiger partial charge in [0, 0.05) is 35.0 Å². The van der Waals surface area contributed by atoms with Crippen LogP contribution in [-0.2, 0) is 5.41 Å². The van der Waals surface area contributed by atoms with E-state index in [4.69, 9.17) is 0 Å². The third kappa shape index (κ3) is 4.39. The minimum absolute atomic E-state index is 0.202. The van der Waals surface area contributed by atoms with Crippen molar-refractivity contribution in [2.24, 2.45) is 0 Å². The number of benzene rings is 2. The number of hydrogen-bond acceptors (Lipinski definition) is 3. The van der Waals surface area contributed by atoms with Crippen LogP contribution in [0, 0.1) is 0 Å². The molecular weight excluding hydrogens is 324 g/mol. The molecule has 1 heterocycles. The van der Waals surface area contributed by atoms with Gasteiger partial charge >= 0.3 is 0 Å². The number of anilines is 1. The van der Waals surface area contributed by atoms with Crippen LogP contribution >= 0.6 is 11.8 Å². The van der Waals surface area contributed by atoms with Crippen LogP contribution < -0.4 is 10.2 Å². The van der Waals surface area contributed by atoms with Gasteiger partial charge in [0.2, 0.25) is 0 Å². The van der Waals surface area contributed by atoms with Crippen molar-refractivity contribution in [3.63, 3.8) is 0 Å². The van der Waals surface area contributed by atoms with Crippen LogP contribution in [0.4, 0.5) is 5.69 Å². The van der Waals surface area contributed by atoms with Gasteiger partial charge in [-0.1, -0.05) is 56.8 Å². The quantitative estimate of drug-likeness (QED) is 0.803. The van der Waals surface area contributed by atoms with Gasteiger partial charge in [-0.25, -0.2) is 0 Å². The van der Waals surface area contributed by atoms with Crippen molar-refractivity contribution in [3.05, 3.63) is 54.1 Å². The molecule has 1 fully saturated rings. The number of nitrogens with zero attached hydrogens (tertiary/aromatic N) is 1. The summed E-state index contributed by atoms with van der Waals surface area (Å²) in [5, 5.41) is 3.57. The average molecular weight is 355 g/mol. The summed E-state index contributed by atoms with van der Waals surface area (Å²) in [7, 11) is 0. The monoisotopic (exact) mass is 354 g/mol. The van der Waals surface area contributed by atoms with Crippen molar-refractivity contribution in [2.45, 2.75) is 61.9 Å². The fraction of sp³-hybridized carbons (Fsp3) is 0.455. The Bertz CT molecular complexity index is 703. The largest absolute Gasteiger partial charge is 0.365 e. The highest BCUT2D eigenvalue weighted by molar-refractivity contribution is 7.99. The standard InChI is InChI=1S/C22H30N2S/c1-16-15-24(17(2)14-23-16)20-8-6-7-9-21(20)25-19-12-10-18(11-13-19)22(3,4)5/h6-13,16-17,23H,14-15H2,1-5H3/t16-,17+/m1/s1. The molecule has 1 saturated heterocycles. The van der Waals surface area contributed by atoms with Gasteiger partial charge in [-0.3, -0.25) is 0 Å². The second-order valence-electron chi connectivity index (χ2n) is 8.15. The third-order valence-corrected chi connectivity index (χ3v) is 5.96. The van der Waals surface area contributed by atoms with Crippen molar-refractivity contribution < 1.29 is 0 Å². The lowest BCUT2D eigenvalue weighted by Gasteiger charge is -2.40. The Morgan fingerprint density at radius 2 is 1.68 bits per heavy atom. The molecular formula is C22H30N2S. The summed E-state index contributed by atoms with van der Waals surface area (Å²) in [6.45, 7) is 13.5. The van der Waals surface area contributed by atoms with E-state index in [1.807, 2.05) is 11.8 Å². The minimum atomic E-state index is 0.202. The lowest BCUT2D eigenvalue weighted by Crippen LogP contribution is -2.54. The first-order valence-electron chi connectivity index (χ1n) is 9.22. The predicted octanol–water partition coefficient (Wildman–Crippen LogP) is 5.32. The Labute approximate surface area is 157 Å². The van der Waals surface area contributed by atoms with Gasteiger partial charge in [0.05, 0.1) is 5.69 Å². The highest BCUT2D eigenvalue weighted by Crippen LogP contribution is 2.37. The Morgan fingerprint density at radius 3 is 2.36 bits per heavy atom. The Kier molecular flexibility index (Phi) is 5.45. The third-order valence-electron chi connectivity index (χ3n) is 4.89. The zero-order chi connectivity index (χ0) is 18.0. The molecule has 2 nitrogen and oxygen atoms in total. The van der Waals surface area contributed by atoms with E-state index in [2.05, 4.69) is 93.4 Å². The van der Waals surface area contributed by atoms with Crippen LogP contribution in [-0.4, -0.2) is 25.2 Å². The lowest BCUT2D eigenvalue weighted by atomic mass is 9.87. The van der Waals surface area contributed by atoms with Gasteiger partial charge in [0.25, 0.3) is 0 Å². The van der Waals surface area contributed by atoms with E-state index in [0.717, 1.165) is 13.1 Å². The molecule has 0 spiro atoms. The Morgan fingerprint density at radius 1 is 1.00 bits per heavy atom. The summed E-state index contributed by atoms with van der Waals surface area (Å²) in [5.41, 5.74) is 2.94. The molecule has 2 atom stereocenters. The summed E-state index contributed by atoms with van der Waals surface area (Å²) >= 11 is 1.87. The highest BCUT2D eigenvalue weighted by atomic mass is 32.2. The molecule has 134 valence electrons. The normalized spacial score (nSPS) is 21.4. The van der Waals surface area contributed by atoms with Gasteiger partial charge in [0.15, 0.2) is 0 Å². The zero-order valence-corrected chi connectivity index (χ0v) is 16.9. The van der Waals surface area contributed by atoms with E-state index in [-0.39, 0.29) is 5.41 Å². The van der Waals surface area contributed by atoms with E-state index >= 15 is 0 Å². The second-order valence-corrected chi connectivity index (χ2v) is 9.27. The first-order valence-corrected chi connectivity index (χ1v) is 10.0. The van der Waals surface area contributed by atoms with Gasteiger partial charge in [-0.2, -0.15) is 0 Å². The fourth-order valence-electron chi connectivity index (χ4n) is 3.29. The fourth-order valence-corrected chi connectivity index (χ4v) is 4.25. The van der Waals surface area contributed by atoms with Crippen LogP contribution in [0.2, 0.25) is 0 Å². The molecule has 3 rings (SSSR count). The van der Waals surface area contributed by atoms with Crippen molar-refractivity contribution in [3.8, 4) is 0 Å². The van der Waals surface area contributed by atoms with E-state index in [9.17, 15) is 0 Å². The van der Waals surface area contributed by atoms with E-state index < -0.39 is 0 Å².